The van der Waals surface area contributed by atoms with E-state index in [9.17, 15) is 29.7 Å². The minimum Gasteiger partial charge on any atom is -0.455 e. The van der Waals surface area contributed by atoms with E-state index in [2.05, 4.69) is 0 Å². The Labute approximate surface area is 153 Å². The lowest BCUT2D eigenvalue weighted by Gasteiger charge is -2.44. The van der Waals surface area contributed by atoms with E-state index in [0.717, 1.165) is 0 Å². The standard InChI is InChI=1S/C15H24O12/c16-4-1-7(19)25-13-11(23)10(22)12(24)14(26-8(20)2-5-17)15(13)27-9(21)3-6-18/h10-18,22-24H,1-6H2/t10?,11-,12-,13-,14+,15?/m1/s1. The van der Waals surface area contributed by atoms with Gasteiger partial charge in [-0.25, -0.2) is 0 Å². The minimum absolute atomic E-state index is 0.464. The number of aliphatic hydroxyl groups excluding tert-OH is 6. The Kier molecular flexibility index (Phi) is 9.55. The summed E-state index contributed by atoms with van der Waals surface area (Å²) in [7, 11) is 0. The third kappa shape index (κ3) is 6.37. The first-order chi connectivity index (χ1) is 12.8. The molecule has 0 radical (unpaired) electrons. The molecule has 27 heavy (non-hydrogen) atoms. The highest BCUT2D eigenvalue weighted by molar-refractivity contribution is 5.72. The predicted octanol–water partition coefficient (Wildman–Crippen LogP) is -4.03. The van der Waals surface area contributed by atoms with Crippen molar-refractivity contribution < 1.29 is 59.2 Å². The molecule has 1 aliphatic carbocycles. The Hall–Kier alpha value is -1.83. The lowest BCUT2D eigenvalue weighted by Crippen LogP contribution is -2.66. The quantitative estimate of drug-likeness (QED) is 0.163. The molecule has 0 amide bonds. The largest absolute Gasteiger partial charge is 0.455 e. The summed E-state index contributed by atoms with van der Waals surface area (Å²) >= 11 is 0. The summed E-state index contributed by atoms with van der Waals surface area (Å²) in [6.45, 7) is -1.73. The Balaban J connectivity index is 3.14. The molecular formula is C15H24O12. The van der Waals surface area contributed by atoms with Crippen LogP contribution in [-0.2, 0) is 28.6 Å². The van der Waals surface area contributed by atoms with Gasteiger partial charge in [-0.3, -0.25) is 14.4 Å². The van der Waals surface area contributed by atoms with E-state index in [4.69, 9.17) is 29.5 Å². The molecule has 0 saturated heterocycles. The van der Waals surface area contributed by atoms with E-state index in [0.29, 0.717) is 0 Å². The van der Waals surface area contributed by atoms with Crippen LogP contribution in [-0.4, -0.2) is 105 Å². The topological polar surface area (TPSA) is 200 Å². The van der Waals surface area contributed by atoms with Crippen LogP contribution in [0.15, 0.2) is 0 Å². The summed E-state index contributed by atoms with van der Waals surface area (Å²) in [6, 6.07) is 0. The number of hydrogen-bond donors (Lipinski definition) is 6. The van der Waals surface area contributed by atoms with Crippen molar-refractivity contribution in [2.45, 2.75) is 55.9 Å². The van der Waals surface area contributed by atoms with Gasteiger partial charge in [0, 0.05) is 0 Å². The van der Waals surface area contributed by atoms with E-state index < -0.39 is 93.6 Å². The maximum absolute atomic E-state index is 11.8. The van der Waals surface area contributed by atoms with Crippen molar-refractivity contribution in [2.75, 3.05) is 19.8 Å². The number of hydrogen-bond acceptors (Lipinski definition) is 12. The van der Waals surface area contributed by atoms with Crippen molar-refractivity contribution in [3.05, 3.63) is 0 Å². The van der Waals surface area contributed by atoms with Gasteiger partial charge in [-0.05, 0) is 0 Å². The lowest BCUT2D eigenvalue weighted by molar-refractivity contribution is -0.248. The van der Waals surface area contributed by atoms with Gasteiger partial charge in [0.15, 0.2) is 18.3 Å². The Morgan fingerprint density at radius 1 is 0.556 bits per heavy atom. The molecule has 1 fully saturated rings. The van der Waals surface area contributed by atoms with E-state index in [1.54, 1.807) is 0 Å². The van der Waals surface area contributed by atoms with Crippen LogP contribution in [0.3, 0.4) is 0 Å². The molecule has 0 aliphatic heterocycles. The van der Waals surface area contributed by atoms with Crippen LogP contribution in [0.4, 0.5) is 0 Å². The second-order valence-electron chi connectivity index (χ2n) is 5.76. The monoisotopic (exact) mass is 396 g/mol. The molecule has 156 valence electrons. The van der Waals surface area contributed by atoms with Gasteiger partial charge in [0.2, 0.25) is 0 Å². The molecule has 0 aromatic carbocycles. The van der Waals surface area contributed by atoms with E-state index >= 15 is 0 Å². The first-order valence-corrected chi connectivity index (χ1v) is 8.22. The number of rotatable bonds is 9. The molecule has 6 N–H and O–H groups in total. The number of aliphatic hydroxyl groups is 6. The van der Waals surface area contributed by atoms with Crippen molar-refractivity contribution in [1.29, 1.82) is 0 Å². The first-order valence-electron chi connectivity index (χ1n) is 8.22. The molecule has 0 aromatic heterocycles. The lowest BCUT2D eigenvalue weighted by atomic mass is 9.84. The maximum Gasteiger partial charge on any atom is 0.308 e. The average Bonchev–Trinajstić information content (AvgIpc) is 2.60. The van der Waals surface area contributed by atoms with E-state index in [-0.39, 0.29) is 0 Å². The Morgan fingerprint density at radius 2 is 0.852 bits per heavy atom. The summed E-state index contributed by atoms with van der Waals surface area (Å²) in [6.07, 6.45) is -12.3. The van der Waals surface area contributed by atoms with E-state index in [1.807, 2.05) is 0 Å². The van der Waals surface area contributed by atoms with Gasteiger partial charge in [0.05, 0.1) is 39.1 Å². The van der Waals surface area contributed by atoms with Crippen molar-refractivity contribution >= 4 is 17.9 Å². The molecule has 12 nitrogen and oxygen atoms in total. The smallest absolute Gasteiger partial charge is 0.308 e. The van der Waals surface area contributed by atoms with Gasteiger partial charge >= 0.3 is 17.9 Å². The predicted molar refractivity (Wildman–Crippen MR) is 82.8 cm³/mol. The van der Waals surface area contributed by atoms with Gasteiger partial charge in [-0.15, -0.1) is 0 Å². The molecule has 0 bridgehead atoms. The summed E-state index contributed by atoms with van der Waals surface area (Å²) in [5.74, 6) is -3.02. The van der Waals surface area contributed by atoms with Crippen LogP contribution in [0.2, 0.25) is 0 Å². The summed E-state index contributed by atoms with van der Waals surface area (Å²) < 4.78 is 14.8. The number of carbonyl (C=O) groups excluding carboxylic acids is 3. The number of ether oxygens (including phenoxy) is 3. The molecule has 12 heteroatoms. The highest BCUT2D eigenvalue weighted by atomic mass is 16.6. The fourth-order valence-corrected chi connectivity index (χ4v) is 2.48. The molecule has 0 spiro atoms. The number of carbonyl (C=O) groups is 3. The Bertz CT molecular complexity index is 475. The van der Waals surface area contributed by atoms with Crippen molar-refractivity contribution in [3.63, 3.8) is 0 Å². The third-order valence-electron chi connectivity index (χ3n) is 3.77. The normalized spacial score (nSPS) is 30.4. The summed E-state index contributed by atoms with van der Waals surface area (Å²) in [5, 5.41) is 56.6. The van der Waals surface area contributed by atoms with Gasteiger partial charge in [0.1, 0.15) is 18.3 Å². The van der Waals surface area contributed by atoms with Crippen molar-refractivity contribution in [1.82, 2.24) is 0 Å². The highest BCUT2D eigenvalue weighted by Crippen LogP contribution is 2.29. The van der Waals surface area contributed by atoms with Gasteiger partial charge < -0.3 is 44.8 Å². The first kappa shape index (κ1) is 23.2. The molecular weight excluding hydrogens is 372 g/mol. The molecule has 0 heterocycles. The zero-order valence-electron chi connectivity index (χ0n) is 14.3. The van der Waals surface area contributed by atoms with Crippen LogP contribution in [0.5, 0.6) is 0 Å². The van der Waals surface area contributed by atoms with E-state index in [1.165, 1.54) is 0 Å². The SMILES string of the molecule is O=C(CCO)OC1[C@@H](OC(=O)CCO)[C@H](O)C(O)[C@@H](O)[C@H]1OC(=O)CCO. The maximum atomic E-state index is 11.8. The fourth-order valence-electron chi connectivity index (χ4n) is 2.48. The summed E-state index contributed by atoms with van der Waals surface area (Å²) in [5.41, 5.74) is 0. The van der Waals surface area contributed by atoms with Gasteiger partial charge in [-0.1, -0.05) is 0 Å². The van der Waals surface area contributed by atoms with Gasteiger partial charge in [-0.2, -0.15) is 0 Å². The molecule has 1 saturated carbocycles. The fraction of sp³-hybridized carbons (Fsp3) is 0.800. The van der Waals surface area contributed by atoms with Crippen LogP contribution >= 0.6 is 0 Å². The zero-order valence-corrected chi connectivity index (χ0v) is 14.3. The van der Waals surface area contributed by atoms with Crippen LogP contribution in [0, 0.1) is 0 Å². The second-order valence-corrected chi connectivity index (χ2v) is 5.76. The number of esters is 3. The molecule has 6 atom stereocenters. The minimum atomic E-state index is -1.92. The van der Waals surface area contributed by atoms with Gasteiger partial charge in [0.25, 0.3) is 0 Å². The third-order valence-corrected chi connectivity index (χ3v) is 3.77. The average molecular weight is 396 g/mol. The molecule has 1 aliphatic rings. The second kappa shape index (κ2) is 11.1. The molecule has 0 aromatic rings. The summed E-state index contributed by atoms with van der Waals surface area (Å²) in [4.78, 5) is 35.1. The van der Waals surface area contributed by atoms with Crippen molar-refractivity contribution in [2.24, 2.45) is 0 Å². The Morgan fingerprint density at radius 3 is 1.15 bits per heavy atom. The highest BCUT2D eigenvalue weighted by Gasteiger charge is 2.55. The van der Waals surface area contributed by atoms with Crippen molar-refractivity contribution in [3.8, 4) is 0 Å². The molecule has 1 rings (SSSR count). The zero-order chi connectivity index (χ0) is 20.6. The van der Waals surface area contributed by atoms with Crippen LogP contribution in [0.25, 0.3) is 0 Å². The van der Waals surface area contributed by atoms with Crippen LogP contribution < -0.4 is 0 Å². The molecule has 2 unspecified atom stereocenters. The van der Waals surface area contributed by atoms with Crippen LogP contribution in [0.1, 0.15) is 19.3 Å².